The molecule has 0 fully saturated rings. The van der Waals surface area contributed by atoms with Crippen molar-refractivity contribution in [3.05, 3.63) is 0 Å². The summed E-state index contributed by atoms with van der Waals surface area (Å²) >= 11 is 0. The Morgan fingerprint density at radius 1 is 1.57 bits per heavy atom. The summed E-state index contributed by atoms with van der Waals surface area (Å²) < 4.78 is 5.72. The lowest BCUT2D eigenvalue weighted by Gasteiger charge is -1.92. The molecule has 0 aromatic rings. The number of rotatable bonds is 1. The van der Waals surface area contributed by atoms with Crippen LogP contribution in [0.5, 0.6) is 0 Å². The Morgan fingerprint density at radius 3 is 2.00 bits per heavy atom. The van der Waals surface area contributed by atoms with E-state index in [4.69, 9.17) is 0 Å². The van der Waals surface area contributed by atoms with E-state index >= 15 is 0 Å². The predicted octanol–water partition coefficient (Wildman–Crippen LogP) is 1.54. The summed E-state index contributed by atoms with van der Waals surface area (Å²) in [4.78, 5) is 0. The topological polar surface area (TPSA) is 15.6 Å². The van der Waals surface area contributed by atoms with E-state index in [1.54, 1.807) is 0 Å². The predicted molar refractivity (Wildman–Crippen MR) is 35.2 cm³/mol. The maximum absolute atomic E-state index is 3.75. The number of hydrogen-bond acceptors (Lipinski definition) is 1. The number of nitrogens with zero attached hydrogens (tertiary/aromatic N) is 2. The number of halogens is 1. The molecule has 0 heterocycles. The van der Waals surface area contributed by atoms with Crippen LogP contribution in [0.3, 0.4) is 0 Å². The van der Waals surface area contributed by atoms with Gasteiger partial charge in [0.15, 0.2) is 0 Å². The molecule has 0 aliphatic carbocycles. The fourth-order valence-electron chi connectivity index (χ4n) is 0.103. The van der Waals surface area contributed by atoms with Crippen molar-refractivity contribution in [3.63, 3.8) is 0 Å². The zero-order chi connectivity index (χ0) is 4.99. The van der Waals surface area contributed by atoms with Crippen molar-refractivity contribution in [1.82, 2.24) is 4.67 Å². The summed E-state index contributed by atoms with van der Waals surface area (Å²) in [7, 11) is 7.23. The summed E-state index contributed by atoms with van der Waals surface area (Å²) in [5.41, 5.74) is 0. The molecule has 0 saturated heterocycles. The molecule has 1 atom stereocenters. The summed E-state index contributed by atoms with van der Waals surface area (Å²) in [6.45, 7) is 0. The Hall–Kier alpha value is 0.420. The molecule has 7 heavy (non-hydrogen) atoms. The third-order valence-corrected chi connectivity index (χ3v) is 1.00. The van der Waals surface area contributed by atoms with Gasteiger partial charge in [0.05, 0.1) is 8.52 Å². The quantitative estimate of drug-likeness (QED) is 0.507. The molecule has 2 nitrogen and oxygen atoms in total. The van der Waals surface area contributed by atoms with Crippen molar-refractivity contribution in [2.75, 3.05) is 14.1 Å². The zero-order valence-corrected chi connectivity index (χ0v) is 6.38. The Balaban J connectivity index is 0. The van der Waals surface area contributed by atoms with Gasteiger partial charge in [0.25, 0.3) is 0 Å². The van der Waals surface area contributed by atoms with Crippen molar-refractivity contribution in [2.24, 2.45) is 4.52 Å². The van der Waals surface area contributed by atoms with E-state index in [0.717, 1.165) is 8.52 Å². The van der Waals surface area contributed by atoms with Crippen molar-refractivity contribution >= 4 is 17.9 Å². The standard InChI is InChI=1S/C2H8N2P2.FH/c1-4(2)6-3-5;/h5H2,1-2H3;1H. The summed E-state index contributed by atoms with van der Waals surface area (Å²) in [5.74, 6) is 0. The maximum atomic E-state index is 3.75. The van der Waals surface area contributed by atoms with Crippen LogP contribution in [0.1, 0.15) is 0 Å². The molecule has 0 aromatic carbocycles. The molecule has 0 rings (SSSR count). The second-order valence-electron chi connectivity index (χ2n) is 1.05. The largest absolute Gasteiger partial charge is 0.269 e. The Kier molecular flexibility index (Phi) is 9.55. The van der Waals surface area contributed by atoms with Gasteiger partial charge >= 0.3 is 0 Å². The first-order chi connectivity index (χ1) is 2.77. The van der Waals surface area contributed by atoms with Crippen molar-refractivity contribution in [1.29, 1.82) is 0 Å². The molecule has 0 amide bonds. The molecule has 0 radical (unpaired) electrons. The van der Waals surface area contributed by atoms with E-state index in [1.165, 1.54) is 0 Å². The van der Waals surface area contributed by atoms with Crippen LogP contribution in [-0.4, -0.2) is 18.8 Å². The average Bonchev–Trinajstić information content (AvgIpc) is 1.35. The van der Waals surface area contributed by atoms with Gasteiger partial charge in [-0.2, -0.15) is 0 Å². The fourth-order valence-corrected chi connectivity index (χ4v) is 0.930. The van der Waals surface area contributed by atoms with Crippen molar-refractivity contribution < 1.29 is 4.70 Å². The Morgan fingerprint density at radius 2 is 2.00 bits per heavy atom. The van der Waals surface area contributed by atoms with E-state index in [9.17, 15) is 0 Å². The lowest BCUT2D eigenvalue weighted by molar-refractivity contribution is 0.697. The van der Waals surface area contributed by atoms with Gasteiger partial charge in [-0.15, -0.1) is 0 Å². The lowest BCUT2D eigenvalue weighted by atomic mass is 11.3. The van der Waals surface area contributed by atoms with Crippen LogP contribution in [0, 0.1) is 0 Å². The number of hydrogen-bond donors (Lipinski definition) is 0. The zero-order valence-electron chi connectivity index (χ0n) is 4.33. The van der Waals surface area contributed by atoms with Gasteiger partial charge in [-0.1, -0.05) is 0 Å². The van der Waals surface area contributed by atoms with Gasteiger partial charge in [0.2, 0.25) is 0 Å². The van der Waals surface area contributed by atoms with E-state index in [0.29, 0.717) is 0 Å². The summed E-state index contributed by atoms with van der Waals surface area (Å²) in [6, 6.07) is 0. The highest BCUT2D eigenvalue weighted by atomic mass is 31.1. The minimum atomic E-state index is 0. The fraction of sp³-hybridized carbons (Fsp3) is 1.00. The van der Waals surface area contributed by atoms with Crippen molar-refractivity contribution in [3.8, 4) is 0 Å². The monoisotopic (exact) mass is 142 g/mol. The van der Waals surface area contributed by atoms with Gasteiger partial charge < -0.3 is 0 Å². The minimum absolute atomic E-state index is 0. The molecule has 0 aliphatic rings. The van der Waals surface area contributed by atoms with Gasteiger partial charge in [-0.3, -0.25) is 4.70 Å². The molecule has 5 heteroatoms. The lowest BCUT2D eigenvalue weighted by Crippen LogP contribution is -1.90. The Labute approximate surface area is 46.9 Å². The molecule has 0 bridgehead atoms. The first kappa shape index (κ1) is 10.4. The third-order valence-electron chi connectivity index (χ3n) is 0.231. The highest BCUT2D eigenvalue weighted by Crippen LogP contribution is 2.04. The third kappa shape index (κ3) is 10.7. The van der Waals surface area contributed by atoms with Crippen molar-refractivity contribution in [2.45, 2.75) is 0 Å². The molecule has 0 spiro atoms. The molecule has 0 N–H and O–H groups in total. The first-order valence-electron chi connectivity index (χ1n) is 1.55. The molecule has 0 saturated carbocycles. The van der Waals surface area contributed by atoms with Gasteiger partial charge in [0.1, 0.15) is 0 Å². The molecule has 1 unspecified atom stereocenters. The van der Waals surface area contributed by atoms with Crippen LogP contribution in [0.15, 0.2) is 4.52 Å². The van der Waals surface area contributed by atoms with Crippen LogP contribution in [-0.2, 0) is 0 Å². The van der Waals surface area contributed by atoms with E-state index in [2.05, 4.69) is 13.9 Å². The first-order valence-corrected chi connectivity index (χ1v) is 2.87. The van der Waals surface area contributed by atoms with Crippen LogP contribution in [0.4, 0.5) is 4.70 Å². The minimum Gasteiger partial charge on any atom is -0.269 e. The van der Waals surface area contributed by atoms with Crippen LogP contribution >= 0.6 is 17.9 Å². The van der Waals surface area contributed by atoms with Crippen LogP contribution < -0.4 is 0 Å². The molecular formula is C2H9FN2P2. The van der Waals surface area contributed by atoms with Gasteiger partial charge in [-0.25, -0.2) is 9.19 Å². The average molecular weight is 142 g/mol. The van der Waals surface area contributed by atoms with E-state index in [1.807, 2.05) is 18.8 Å². The summed E-state index contributed by atoms with van der Waals surface area (Å²) in [6.07, 6.45) is 0. The second-order valence-corrected chi connectivity index (χ2v) is 2.95. The van der Waals surface area contributed by atoms with Gasteiger partial charge in [0, 0.05) is 0 Å². The second kappa shape index (κ2) is 6.42. The van der Waals surface area contributed by atoms with E-state index < -0.39 is 0 Å². The normalized spacial score (nSPS) is 9.71. The Bertz CT molecular complexity index is 55.7. The van der Waals surface area contributed by atoms with Crippen LogP contribution in [0.25, 0.3) is 0 Å². The summed E-state index contributed by atoms with van der Waals surface area (Å²) in [5, 5.41) is 0. The molecular weight excluding hydrogens is 133 g/mol. The van der Waals surface area contributed by atoms with Crippen LogP contribution in [0.2, 0.25) is 0 Å². The molecule has 0 aromatic heterocycles. The maximum Gasteiger partial charge on any atom is 0.0962 e. The highest BCUT2D eigenvalue weighted by Gasteiger charge is 1.72. The smallest absolute Gasteiger partial charge is 0.0962 e. The molecule has 0 aliphatic heterocycles. The highest BCUT2D eigenvalue weighted by molar-refractivity contribution is 7.33. The SMILES string of the molecule is CN(C)P=NP.F. The molecule has 44 valence electrons. The van der Waals surface area contributed by atoms with E-state index in [-0.39, 0.29) is 4.70 Å². The van der Waals surface area contributed by atoms with Gasteiger partial charge in [-0.05, 0) is 23.5 Å².